The zero-order valence-corrected chi connectivity index (χ0v) is 15.0. The van der Waals surface area contributed by atoms with E-state index in [2.05, 4.69) is 39.2 Å². The number of nitrogens with one attached hydrogen (secondary N) is 1. The second kappa shape index (κ2) is 7.26. The monoisotopic (exact) mass is 325 g/mol. The maximum Gasteiger partial charge on any atom is 0.405 e. The molecule has 2 atom stereocenters. The molecule has 0 saturated heterocycles. The van der Waals surface area contributed by atoms with Crippen LogP contribution < -0.4 is 5.32 Å². The highest BCUT2D eigenvalue weighted by Crippen LogP contribution is 2.36. The minimum atomic E-state index is -1.99. The first-order valence-electron chi connectivity index (χ1n) is 7.41. The Morgan fingerprint density at radius 2 is 1.82 bits per heavy atom. The number of amides is 1. The molecule has 6 heteroatoms. The van der Waals surface area contributed by atoms with Gasteiger partial charge in [-0.1, -0.05) is 51.1 Å². The molecule has 0 bridgehead atoms. The van der Waals surface area contributed by atoms with Crippen molar-refractivity contribution >= 4 is 14.4 Å². The molecule has 3 N–H and O–H groups in total. The molecule has 22 heavy (non-hydrogen) atoms. The summed E-state index contributed by atoms with van der Waals surface area (Å²) in [4.78, 5) is 11.0. The second-order valence-electron chi connectivity index (χ2n) is 6.98. The SMILES string of the molecule is CC(C)(C)[Si](C)(C)OC[C@@H](O)[C@H](NC(=O)O)c1ccccc1. The molecule has 0 aliphatic heterocycles. The van der Waals surface area contributed by atoms with Crippen LogP contribution in [0.4, 0.5) is 4.79 Å². The standard InChI is InChI=1S/C16H27NO4Si/c1-16(2,3)22(4,5)21-11-13(18)14(17-15(19)20)12-9-7-6-8-10-12/h6-10,13-14,17-18H,11H2,1-5H3,(H,19,20)/t13-,14-/m1/s1. The number of carbonyl (C=O) groups is 1. The second-order valence-corrected chi connectivity index (χ2v) is 11.8. The van der Waals surface area contributed by atoms with E-state index in [1.54, 1.807) is 12.1 Å². The summed E-state index contributed by atoms with van der Waals surface area (Å²) in [5.41, 5.74) is 0.719. The molecule has 0 aliphatic rings. The Morgan fingerprint density at radius 1 is 1.27 bits per heavy atom. The lowest BCUT2D eigenvalue weighted by Crippen LogP contribution is -2.45. The molecule has 5 nitrogen and oxygen atoms in total. The van der Waals surface area contributed by atoms with Crippen LogP contribution in [0.3, 0.4) is 0 Å². The van der Waals surface area contributed by atoms with Crippen LogP contribution in [0.2, 0.25) is 18.1 Å². The largest absolute Gasteiger partial charge is 0.465 e. The van der Waals surface area contributed by atoms with E-state index in [1.807, 2.05) is 18.2 Å². The maximum absolute atomic E-state index is 11.0. The molecule has 0 aliphatic carbocycles. The first kappa shape index (κ1) is 18.7. The zero-order chi connectivity index (χ0) is 17.0. The first-order valence-corrected chi connectivity index (χ1v) is 10.3. The lowest BCUT2D eigenvalue weighted by atomic mass is 10.0. The average molecular weight is 325 g/mol. The summed E-state index contributed by atoms with van der Waals surface area (Å²) in [7, 11) is -1.99. The highest BCUT2D eigenvalue weighted by molar-refractivity contribution is 6.74. The van der Waals surface area contributed by atoms with Crippen molar-refractivity contribution in [3.8, 4) is 0 Å². The van der Waals surface area contributed by atoms with Crippen molar-refractivity contribution in [1.29, 1.82) is 0 Å². The third-order valence-electron chi connectivity index (χ3n) is 4.24. The number of hydrogen-bond acceptors (Lipinski definition) is 3. The van der Waals surface area contributed by atoms with Gasteiger partial charge in [0.05, 0.1) is 12.6 Å². The quantitative estimate of drug-likeness (QED) is 0.701. The summed E-state index contributed by atoms with van der Waals surface area (Å²) in [5, 5.41) is 21.8. The van der Waals surface area contributed by atoms with Gasteiger partial charge < -0.3 is 20.0 Å². The lowest BCUT2D eigenvalue weighted by Gasteiger charge is -2.37. The van der Waals surface area contributed by atoms with E-state index in [4.69, 9.17) is 9.53 Å². The Hall–Kier alpha value is -1.37. The summed E-state index contributed by atoms with van der Waals surface area (Å²) in [6, 6.07) is 8.34. The van der Waals surface area contributed by atoms with Crippen molar-refractivity contribution in [3.05, 3.63) is 35.9 Å². The van der Waals surface area contributed by atoms with Crippen molar-refractivity contribution in [1.82, 2.24) is 5.32 Å². The summed E-state index contributed by atoms with van der Waals surface area (Å²) in [5.74, 6) is 0. The minimum absolute atomic E-state index is 0.0369. The molecule has 1 aromatic rings. The van der Waals surface area contributed by atoms with Crippen LogP contribution in [0, 0.1) is 0 Å². The molecule has 0 saturated carbocycles. The van der Waals surface area contributed by atoms with Crippen LogP contribution in [0.25, 0.3) is 0 Å². The van der Waals surface area contributed by atoms with Crippen LogP contribution >= 0.6 is 0 Å². The molecule has 0 unspecified atom stereocenters. The molecule has 0 spiro atoms. The molecule has 0 fully saturated rings. The molecule has 0 heterocycles. The van der Waals surface area contributed by atoms with E-state index in [-0.39, 0.29) is 11.6 Å². The molecule has 124 valence electrons. The van der Waals surface area contributed by atoms with Crippen LogP contribution in [-0.4, -0.2) is 37.3 Å². The Balaban J connectivity index is 2.81. The van der Waals surface area contributed by atoms with Gasteiger partial charge in [-0.25, -0.2) is 4.79 Å². The Kier molecular flexibility index (Phi) is 6.16. The number of aliphatic hydroxyl groups excluding tert-OH is 1. The summed E-state index contributed by atoms with van der Waals surface area (Å²) in [6.45, 7) is 10.7. The normalized spacial score (nSPS) is 15.2. The molecule has 1 rings (SSSR count). The van der Waals surface area contributed by atoms with Crippen LogP contribution in [-0.2, 0) is 4.43 Å². The van der Waals surface area contributed by atoms with E-state index in [1.165, 1.54) is 0 Å². The van der Waals surface area contributed by atoms with Crippen molar-refractivity contribution < 1.29 is 19.4 Å². The Labute approximate surface area is 133 Å². The Morgan fingerprint density at radius 3 is 2.27 bits per heavy atom. The fraction of sp³-hybridized carbons (Fsp3) is 0.562. The molecule has 0 radical (unpaired) electrons. The fourth-order valence-electron chi connectivity index (χ4n) is 1.80. The lowest BCUT2D eigenvalue weighted by molar-refractivity contribution is 0.0661. The number of aliphatic hydroxyl groups is 1. The van der Waals surface area contributed by atoms with Crippen molar-refractivity contribution in [2.45, 2.75) is 51.0 Å². The number of rotatable bonds is 6. The van der Waals surface area contributed by atoms with Gasteiger partial charge in [0.15, 0.2) is 8.32 Å². The van der Waals surface area contributed by atoms with Gasteiger partial charge in [0.1, 0.15) is 6.10 Å². The summed E-state index contributed by atoms with van der Waals surface area (Å²) in [6.07, 6.45) is -2.10. The number of hydrogen-bond donors (Lipinski definition) is 3. The van der Waals surface area contributed by atoms with Crippen LogP contribution in [0.5, 0.6) is 0 Å². The van der Waals surface area contributed by atoms with Gasteiger partial charge in [-0.2, -0.15) is 0 Å². The predicted molar refractivity (Wildman–Crippen MR) is 89.5 cm³/mol. The molecular weight excluding hydrogens is 298 g/mol. The van der Waals surface area contributed by atoms with E-state index in [0.29, 0.717) is 0 Å². The highest BCUT2D eigenvalue weighted by Gasteiger charge is 2.38. The molecule has 1 aromatic carbocycles. The van der Waals surface area contributed by atoms with Gasteiger partial charge in [0, 0.05) is 0 Å². The topological polar surface area (TPSA) is 78.8 Å². The average Bonchev–Trinajstić information content (AvgIpc) is 2.42. The van der Waals surface area contributed by atoms with E-state index < -0.39 is 26.6 Å². The van der Waals surface area contributed by atoms with E-state index >= 15 is 0 Å². The zero-order valence-electron chi connectivity index (χ0n) is 14.0. The van der Waals surface area contributed by atoms with Gasteiger partial charge in [-0.15, -0.1) is 0 Å². The smallest absolute Gasteiger partial charge is 0.405 e. The van der Waals surface area contributed by atoms with Crippen LogP contribution in [0.1, 0.15) is 32.4 Å². The number of benzene rings is 1. The molecule has 0 aromatic heterocycles. The van der Waals surface area contributed by atoms with E-state index in [0.717, 1.165) is 5.56 Å². The summed E-state index contributed by atoms with van der Waals surface area (Å²) >= 11 is 0. The summed E-state index contributed by atoms with van der Waals surface area (Å²) < 4.78 is 6.00. The third kappa shape index (κ3) is 5.12. The molecular formula is C16H27NO4Si. The first-order chi connectivity index (χ1) is 10.0. The van der Waals surface area contributed by atoms with Gasteiger partial charge in [0.25, 0.3) is 0 Å². The van der Waals surface area contributed by atoms with Gasteiger partial charge in [-0.05, 0) is 23.7 Å². The van der Waals surface area contributed by atoms with Crippen molar-refractivity contribution in [2.75, 3.05) is 6.61 Å². The molecule has 1 amide bonds. The predicted octanol–water partition coefficient (Wildman–Crippen LogP) is 3.38. The van der Waals surface area contributed by atoms with E-state index in [9.17, 15) is 9.90 Å². The third-order valence-corrected chi connectivity index (χ3v) is 8.74. The number of carboxylic acid groups (broad SMARTS) is 1. The van der Waals surface area contributed by atoms with Gasteiger partial charge >= 0.3 is 6.09 Å². The van der Waals surface area contributed by atoms with Gasteiger partial charge in [-0.3, -0.25) is 0 Å². The maximum atomic E-state index is 11.0. The van der Waals surface area contributed by atoms with Crippen molar-refractivity contribution in [3.63, 3.8) is 0 Å². The highest BCUT2D eigenvalue weighted by atomic mass is 28.4. The minimum Gasteiger partial charge on any atom is -0.465 e. The fourth-order valence-corrected chi connectivity index (χ4v) is 2.82. The van der Waals surface area contributed by atoms with Crippen molar-refractivity contribution in [2.24, 2.45) is 0 Å². The van der Waals surface area contributed by atoms with Gasteiger partial charge in [0.2, 0.25) is 0 Å². The Bertz CT molecular complexity index is 485. The van der Waals surface area contributed by atoms with Crippen LogP contribution in [0.15, 0.2) is 30.3 Å².